The maximum Gasteiger partial charge on any atom is 0.269 e. The van der Waals surface area contributed by atoms with Crippen LogP contribution < -0.4 is 4.74 Å². The van der Waals surface area contributed by atoms with Gasteiger partial charge < -0.3 is 9.57 Å². The van der Waals surface area contributed by atoms with Crippen molar-refractivity contribution in [2.75, 3.05) is 0 Å². The second kappa shape index (κ2) is 8.13. The van der Waals surface area contributed by atoms with Gasteiger partial charge in [0.05, 0.1) is 22.4 Å². The summed E-state index contributed by atoms with van der Waals surface area (Å²) in [5.74, 6) is 1.25. The lowest BCUT2D eigenvalue weighted by molar-refractivity contribution is -0.384. The highest BCUT2D eigenvalue weighted by molar-refractivity contribution is 5.84. The van der Waals surface area contributed by atoms with Crippen LogP contribution in [0.5, 0.6) is 11.6 Å². The standard InChI is InChI=1S/C19H18N4O4/c1-14-18(19(22(2)21-14)27-17-6-4-3-5-7-17)12-20-26-13-15-8-10-16(11-9-15)23(24)25/h3-12H,13H2,1-2H3/b20-12+. The highest BCUT2D eigenvalue weighted by Crippen LogP contribution is 2.25. The Labute approximate surface area is 155 Å². The van der Waals surface area contributed by atoms with Gasteiger partial charge in [-0.25, -0.2) is 4.68 Å². The maximum atomic E-state index is 10.7. The fourth-order valence-electron chi connectivity index (χ4n) is 2.44. The molecule has 3 aromatic rings. The normalized spacial score (nSPS) is 10.9. The minimum absolute atomic E-state index is 0.0379. The zero-order valence-electron chi connectivity index (χ0n) is 14.9. The first-order valence-electron chi connectivity index (χ1n) is 8.20. The van der Waals surface area contributed by atoms with Crippen LogP contribution in [0.1, 0.15) is 16.8 Å². The van der Waals surface area contributed by atoms with Crippen molar-refractivity contribution < 1.29 is 14.5 Å². The SMILES string of the molecule is Cc1nn(C)c(Oc2ccccc2)c1/C=N/OCc1ccc([N+](=O)[O-])cc1. The van der Waals surface area contributed by atoms with Crippen LogP contribution in [-0.4, -0.2) is 20.9 Å². The van der Waals surface area contributed by atoms with Crippen LogP contribution in [0.15, 0.2) is 59.8 Å². The number of nitrogens with zero attached hydrogens (tertiary/aromatic N) is 4. The fourth-order valence-corrected chi connectivity index (χ4v) is 2.44. The third-order valence-corrected chi connectivity index (χ3v) is 3.81. The molecular weight excluding hydrogens is 348 g/mol. The van der Waals surface area contributed by atoms with Crippen molar-refractivity contribution in [1.29, 1.82) is 0 Å². The van der Waals surface area contributed by atoms with E-state index in [1.54, 1.807) is 30.1 Å². The number of aryl methyl sites for hydroxylation is 2. The number of para-hydroxylation sites is 1. The molecule has 1 heterocycles. The lowest BCUT2D eigenvalue weighted by atomic mass is 10.2. The first-order chi connectivity index (χ1) is 13.0. The van der Waals surface area contributed by atoms with E-state index >= 15 is 0 Å². The largest absolute Gasteiger partial charge is 0.439 e. The number of hydrogen-bond donors (Lipinski definition) is 0. The molecule has 0 spiro atoms. The van der Waals surface area contributed by atoms with Gasteiger partial charge in [-0.15, -0.1) is 0 Å². The van der Waals surface area contributed by atoms with Crippen molar-refractivity contribution in [3.8, 4) is 11.6 Å². The Balaban J connectivity index is 1.67. The molecule has 0 saturated heterocycles. The van der Waals surface area contributed by atoms with E-state index in [4.69, 9.17) is 9.57 Å². The topological polar surface area (TPSA) is 91.8 Å². The first-order valence-corrected chi connectivity index (χ1v) is 8.20. The lowest BCUT2D eigenvalue weighted by Gasteiger charge is -2.06. The van der Waals surface area contributed by atoms with Crippen molar-refractivity contribution >= 4 is 11.9 Å². The molecule has 0 unspecified atom stereocenters. The van der Waals surface area contributed by atoms with Gasteiger partial charge >= 0.3 is 0 Å². The minimum atomic E-state index is -0.442. The average Bonchev–Trinajstić information content (AvgIpc) is 2.93. The van der Waals surface area contributed by atoms with E-state index < -0.39 is 4.92 Å². The Bertz CT molecular complexity index is 950. The summed E-state index contributed by atoms with van der Waals surface area (Å²) in [4.78, 5) is 15.5. The summed E-state index contributed by atoms with van der Waals surface area (Å²) in [5.41, 5.74) is 2.29. The summed E-state index contributed by atoms with van der Waals surface area (Å²) in [6, 6.07) is 15.5. The third-order valence-electron chi connectivity index (χ3n) is 3.81. The molecule has 1 aromatic heterocycles. The smallest absolute Gasteiger partial charge is 0.269 e. The number of non-ortho nitro benzene ring substituents is 1. The van der Waals surface area contributed by atoms with E-state index in [-0.39, 0.29) is 12.3 Å². The van der Waals surface area contributed by atoms with Gasteiger partial charge in [0.25, 0.3) is 5.69 Å². The summed E-state index contributed by atoms with van der Waals surface area (Å²) in [7, 11) is 1.79. The van der Waals surface area contributed by atoms with E-state index in [0.717, 1.165) is 11.3 Å². The van der Waals surface area contributed by atoms with Crippen LogP contribution in [0.4, 0.5) is 5.69 Å². The molecule has 0 radical (unpaired) electrons. The lowest BCUT2D eigenvalue weighted by Crippen LogP contribution is -1.97. The van der Waals surface area contributed by atoms with E-state index in [1.807, 2.05) is 37.3 Å². The monoisotopic (exact) mass is 366 g/mol. The summed E-state index contributed by atoms with van der Waals surface area (Å²) < 4.78 is 7.54. The fraction of sp³-hybridized carbons (Fsp3) is 0.158. The molecule has 138 valence electrons. The zero-order chi connectivity index (χ0) is 19.2. The maximum absolute atomic E-state index is 10.7. The van der Waals surface area contributed by atoms with E-state index in [1.165, 1.54) is 12.1 Å². The van der Waals surface area contributed by atoms with Gasteiger partial charge in [0, 0.05) is 19.2 Å². The molecule has 0 saturated carbocycles. The van der Waals surface area contributed by atoms with Gasteiger partial charge in [-0.3, -0.25) is 10.1 Å². The van der Waals surface area contributed by atoms with Crippen molar-refractivity contribution in [1.82, 2.24) is 9.78 Å². The molecule has 0 aliphatic rings. The van der Waals surface area contributed by atoms with E-state index in [9.17, 15) is 10.1 Å². The van der Waals surface area contributed by atoms with Crippen LogP contribution in [-0.2, 0) is 18.5 Å². The molecule has 0 aliphatic heterocycles. The van der Waals surface area contributed by atoms with Crippen molar-refractivity contribution in [3.05, 3.63) is 81.5 Å². The summed E-state index contributed by atoms with van der Waals surface area (Å²) >= 11 is 0. The van der Waals surface area contributed by atoms with Gasteiger partial charge in [-0.1, -0.05) is 23.4 Å². The molecular formula is C19H18N4O4. The summed E-state index contributed by atoms with van der Waals surface area (Å²) in [5, 5.41) is 19.0. The molecule has 0 N–H and O–H groups in total. The molecule has 0 aliphatic carbocycles. The number of rotatable bonds is 7. The molecule has 8 heteroatoms. The number of nitro benzene ring substituents is 1. The van der Waals surface area contributed by atoms with Crippen LogP contribution >= 0.6 is 0 Å². The Hall–Kier alpha value is -3.68. The Morgan fingerprint density at radius 1 is 1.19 bits per heavy atom. The van der Waals surface area contributed by atoms with Crippen LogP contribution in [0.2, 0.25) is 0 Å². The Morgan fingerprint density at radius 3 is 2.56 bits per heavy atom. The minimum Gasteiger partial charge on any atom is -0.439 e. The quantitative estimate of drug-likeness (QED) is 0.358. The van der Waals surface area contributed by atoms with Gasteiger partial charge in [0.15, 0.2) is 0 Å². The van der Waals surface area contributed by atoms with Crippen molar-refractivity contribution in [2.24, 2.45) is 12.2 Å². The van der Waals surface area contributed by atoms with Gasteiger partial charge in [0.2, 0.25) is 5.88 Å². The molecule has 3 rings (SSSR count). The highest BCUT2D eigenvalue weighted by Gasteiger charge is 2.14. The Morgan fingerprint density at radius 2 is 1.89 bits per heavy atom. The van der Waals surface area contributed by atoms with Crippen LogP contribution in [0, 0.1) is 17.0 Å². The van der Waals surface area contributed by atoms with Crippen molar-refractivity contribution in [3.63, 3.8) is 0 Å². The second-order valence-electron chi connectivity index (χ2n) is 5.77. The van der Waals surface area contributed by atoms with E-state index in [2.05, 4.69) is 10.3 Å². The number of benzene rings is 2. The molecule has 0 fully saturated rings. The number of oxime groups is 1. The molecule has 2 aromatic carbocycles. The molecule has 0 bridgehead atoms. The average molecular weight is 366 g/mol. The van der Waals surface area contributed by atoms with Crippen LogP contribution in [0.25, 0.3) is 0 Å². The van der Waals surface area contributed by atoms with Crippen molar-refractivity contribution in [2.45, 2.75) is 13.5 Å². The second-order valence-corrected chi connectivity index (χ2v) is 5.77. The third kappa shape index (κ3) is 4.49. The van der Waals surface area contributed by atoms with Gasteiger partial charge in [-0.05, 0) is 36.8 Å². The number of aromatic nitrogens is 2. The molecule has 0 amide bonds. The van der Waals surface area contributed by atoms with E-state index in [0.29, 0.717) is 17.2 Å². The Kier molecular flexibility index (Phi) is 5.46. The molecule has 27 heavy (non-hydrogen) atoms. The number of ether oxygens (including phenoxy) is 1. The summed E-state index contributed by atoms with van der Waals surface area (Å²) in [6.07, 6.45) is 1.55. The molecule has 0 atom stereocenters. The first kappa shape index (κ1) is 18.1. The van der Waals surface area contributed by atoms with Gasteiger partial charge in [0.1, 0.15) is 12.4 Å². The highest BCUT2D eigenvalue weighted by atomic mass is 16.6. The van der Waals surface area contributed by atoms with Gasteiger partial charge in [-0.2, -0.15) is 5.10 Å². The predicted octanol–water partition coefficient (Wildman–Crippen LogP) is 3.98. The number of hydrogen-bond acceptors (Lipinski definition) is 6. The molecule has 8 nitrogen and oxygen atoms in total. The summed E-state index contributed by atoms with van der Waals surface area (Å²) in [6.45, 7) is 2.05. The predicted molar refractivity (Wildman–Crippen MR) is 99.9 cm³/mol. The zero-order valence-corrected chi connectivity index (χ0v) is 14.9. The van der Waals surface area contributed by atoms with Crippen LogP contribution in [0.3, 0.4) is 0 Å². The number of nitro groups is 1.